The zero-order chi connectivity index (χ0) is 6.41. The summed E-state index contributed by atoms with van der Waals surface area (Å²) in [6.45, 7) is 5.06. The molecule has 0 nitrogen and oxygen atoms in total. The predicted octanol–water partition coefficient (Wildman–Crippen LogP) is 2.83. The third-order valence-electron chi connectivity index (χ3n) is 1.03. The van der Waals surface area contributed by atoms with Gasteiger partial charge >= 0.3 is 0 Å². The molecule has 0 heteroatoms. The van der Waals surface area contributed by atoms with E-state index in [1.807, 2.05) is 0 Å². The average Bonchev–Trinajstić information content (AvgIpc) is 1.66. The second-order valence-corrected chi connectivity index (χ2v) is 2.39. The average molecular weight is 101 g/mol. The fraction of sp³-hybridized carbons (Fsp3) is 1.00. The lowest BCUT2D eigenvalue weighted by molar-refractivity contribution is 0.550. The van der Waals surface area contributed by atoms with Gasteiger partial charge in [0.2, 0.25) is 0 Å². The van der Waals surface area contributed by atoms with E-state index in [-0.39, 0.29) is 0 Å². The van der Waals surface area contributed by atoms with Crippen molar-refractivity contribution in [3.05, 3.63) is 0 Å². The molecule has 0 N–H and O–H groups in total. The molecule has 0 spiro atoms. The van der Waals surface area contributed by atoms with Gasteiger partial charge in [-0.1, -0.05) is 40.0 Å². The van der Waals surface area contributed by atoms with Crippen LogP contribution in [0.1, 0.15) is 41.4 Å². The molecule has 0 saturated heterocycles. The van der Waals surface area contributed by atoms with Crippen LogP contribution in [0.5, 0.6) is 0 Å². The minimum absolute atomic E-state index is 0.604. The quantitative estimate of drug-likeness (QED) is 0.479. The van der Waals surface area contributed by atoms with Gasteiger partial charge < -0.3 is 0 Å². The smallest absolute Gasteiger partial charge is 0.0230 e. The molecule has 0 unspecified atom stereocenters. The fourth-order valence-corrected chi connectivity index (χ4v) is 0.553. The van der Waals surface area contributed by atoms with E-state index in [0.29, 0.717) is 6.90 Å². The van der Waals surface area contributed by atoms with Gasteiger partial charge in [0.05, 0.1) is 0 Å². The van der Waals surface area contributed by atoms with E-state index in [1.165, 1.54) is 12.8 Å². The maximum Gasteiger partial charge on any atom is 0.0230 e. The molecule has 44 valence electrons. The van der Waals surface area contributed by atoms with Gasteiger partial charge in [-0.15, -0.1) is 0 Å². The van der Waals surface area contributed by atoms with Crippen molar-refractivity contribution in [1.82, 2.24) is 0 Å². The Balaban J connectivity index is 2.72. The SMILES string of the molecule is [2H]CCCCC(C)C. The molecule has 0 aromatic heterocycles. The lowest BCUT2D eigenvalue weighted by atomic mass is 10.1. The van der Waals surface area contributed by atoms with Crippen LogP contribution in [-0.4, -0.2) is 0 Å². The summed E-state index contributed by atoms with van der Waals surface area (Å²) in [4.78, 5) is 0. The van der Waals surface area contributed by atoms with Crippen LogP contribution >= 0.6 is 0 Å². The Labute approximate surface area is 48.3 Å². The lowest BCUT2D eigenvalue weighted by Crippen LogP contribution is -1.83. The summed E-state index contributed by atoms with van der Waals surface area (Å²) in [5.74, 6) is 0.821. The van der Waals surface area contributed by atoms with Crippen LogP contribution in [0.25, 0.3) is 0 Å². The minimum atomic E-state index is 0.604. The van der Waals surface area contributed by atoms with Gasteiger partial charge in [-0.05, 0) is 5.92 Å². The summed E-state index contributed by atoms with van der Waals surface area (Å²) in [5.41, 5.74) is 0. The monoisotopic (exact) mass is 101 g/mol. The van der Waals surface area contributed by atoms with Crippen LogP contribution in [0.2, 0.25) is 0 Å². The second kappa shape index (κ2) is 4.17. The Morgan fingerprint density at radius 1 is 1.57 bits per heavy atom. The van der Waals surface area contributed by atoms with Crippen LogP contribution < -0.4 is 0 Å². The predicted molar refractivity (Wildman–Crippen MR) is 34.4 cm³/mol. The Morgan fingerprint density at radius 2 is 2.29 bits per heavy atom. The molecule has 0 rings (SSSR count). The minimum Gasteiger partial charge on any atom is -0.0654 e. The molecular weight excluding hydrogens is 84.1 g/mol. The highest BCUT2D eigenvalue weighted by Crippen LogP contribution is 2.04. The van der Waals surface area contributed by atoms with Gasteiger partial charge in [-0.2, -0.15) is 0 Å². The van der Waals surface area contributed by atoms with Gasteiger partial charge in [-0.25, -0.2) is 0 Å². The maximum atomic E-state index is 6.85. The highest BCUT2D eigenvalue weighted by atomic mass is 13.9. The van der Waals surface area contributed by atoms with Gasteiger partial charge in [0.15, 0.2) is 0 Å². The standard InChI is InChI=1S/C7H16/c1-4-5-6-7(2)3/h7H,4-6H2,1-3H3/i1D. The van der Waals surface area contributed by atoms with E-state index in [4.69, 9.17) is 1.37 Å². The summed E-state index contributed by atoms with van der Waals surface area (Å²) >= 11 is 0. The Kier molecular flexibility index (Phi) is 3.06. The van der Waals surface area contributed by atoms with Gasteiger partial charge in [-0.3, -0.25) is 0 Å². The summed E-state index contributed by atoms with van der Waals surface area (Å²) in [7, 11) is 0. The zero-order valence-electron chi connectivity index (χ0n) is 6.41. The molecule has 0 aliphatic rings. The molecule has 0 radical (unpaired) electrons. The molecule has 0 heterocycles. The summed E-state index contributed by atoms with van der Waals surface area (Å²) < 4.78 is 6.85. The molecule has 0 aromatic carbocycles. The molecule has 0 aliphatic carbocycles. The fourth-order valence-electron chi connectivity index (χ4n) is 0.553. The lowest BCUT2D eigenvalue weighted by Gasteiger charge is -1.98. The van der Waals surface area contributed by atoms with Crippen LogP contribution in [0.4, 0.5) is 0 Å². The number of rotatable bonds is 3. The van der Waals surface area contributed by atoms with Crippen LogP contribution in [0.3, 0.4) is 0 Å². The number of hydrogen-bond acceptors (Lipinski definition) is 0. The summed E-state index contributed by atoms with van der Waals surface area (Å²) in [6.07, 6.45) is 3.61. The highest BCUT2D eigenvalue weighted by molar-refractivity contribution is 4.42. The summed E-state index contributed by atoms with van der Waals surface area (Å²) in [6, 6.07) is 0. The van der Waals surface area contributed by atoms with Crippen molar-refractivity contribution < 1.29 is 1.37 Å². The first kappa shape index (κ1) is 5.14. The van der Waals surface area contributed by atoms with E-state index >= 15 is 0 Å². The van der Waals surface area contributed by atoms with E-state index < -0.39 is 0 Å². The maximum absolute atomic E-state index is 6.85. The molecule has 0 amide bonds. The van der Waals surface area contributed by atoms with Gasteiger partial charge in [0.25, 0.3) is 0 Å². The van der Waals surface area contributed by atoms with Gasteiger partial charge in [0, 0.05) is 1.37 Å². The van der Waals surface area contributed by atoms with E-state index in [1.54, 1.807) is 0 Å². The Bertz CT molecular complexity index is 41.7. The van der Waals surface area contributed by atoms with E-state index in [9.17, 15) is 0 Å². The van der Waals surface area contributed by atoms with Crippen molar-refractivity contribution in [3.8, 4) is 0 Å². The van der Waals surface area contributed by atoms with Crippen molar-refractivity contribution in [2.24, 2.45) is 5.92 Å². The van der Waals surface area contributed by atoms with E-state index in [2.05, 4.69) is 13.8 Å². The van der Waals surface area contributed by atoms with Gasteiger partial charge in [0.1, 0.15) is 0 Å². The highest BCUT2D eigenvalue weighted by Gasteiger charge is 1.88. The van der Waals surface area contributed by atoms with E-state index in [0.717, 1.165) is 12.3 Å². The van der Waals surface area contributed by atoms with Crippen molar-refractivity contribution in [1.29, 1.82) is 0 Å². The zero-order valence-corrected chi connectivity index (χ0v) is 5.41. The molecule has 0 bridgehead atoms. The van der Waals surface area contributed by atoms with Crippen LogP contribution in [0.15, 0.2) is 0 Å². The molecular formula is C7H16. The van der Waals surface area contributed by atoms with Crippen molar-refractivity contribution in [2.45, 2.75) is 40.0 Å². The molecule has 0 aliphatic heterocycles. The molecule has 7 heavy (non-hydrogen) atoms. The Morgan fingerprint density at radius 3 is 2.71 bits per heavy atom. The second-order valence-electron chi connectivity index (χ2n) is 2.39. The van der Waals surface area contributed by atoms with Crippen LogP contribution in [-0.2, 0) is 0 Å². The first-order valence-electron chi connectivity index (χ1n) is 3.77. The molecule has 0 aromatic rings. The third-order valence-corrected chi connectivity index (χ3v) is 1.03. The molecule has 0 saturated carbocycles. The topological polar surface area (TPSA) is 0 Å². The van der Waals surface area contributed by atoms with Crippen molar-refractivity contribution >= 4 is 0 Å². The third kappa shape index (κ3) is 6.00. The van der Waals surface area contributed by atoms with Crippen molar-refractivity contribution in [2.75, 3.05) is 0 Å². The molecule has 0 fully saturated rings. The molecule has 0 atom stereocenters. The number of hydrogen-bond donors (Lipinski definition) is 0. The first-order chi connectivity index (χ1) is 3.77. The largest absolute Gasteiger partial charge is 0.0654 e. The first-order valence-corrected chi connectivity index (χ1v) is 3.06. The Hall–Kier alpha value is 0. The number of unbranched alkanes of at least 4 members (excludes halogenated alkanes) is 1. The normalized spacial score (nSPS) is 12.1. The van der Waals surface area contributed by atoms with Crippen LogP contribution in [0, 0.1) is 5.92 Å². The van der Waals surface area contributed by atoms with Crippen molar-refractivity contribution in [3.63, 3.8) is 0 Å². The summed E-state index contributed by atoms with van der Waals surface area (Å²) in [5, 5.41) is 0.